The van der Waals surface area contributed by atoms with Crippen LogP contribution in [-0.2, 0) is 6.54 Å². The van der Waals surface area contributed by atoms with Crippen LogP contribution >= 0.6 is 43.5 Å². The minimum absolute atomic E-state index is 0.463. The summed E-state index contributed by atoms with van der Waals surface area (Å²) in [5.41, 5.74) is 3.71. The summed E-state index contributed by atoms with van der Waals surface area (Å²) in [6.07, 6.45) is 0. The number of benzene rings is 1. The Hall–Kier alpha value is -0.0300. The highest BCUT2D eigenvalue weighted by atomic mass is 79.9. The van der Waals surface area contributed by atoms with Crippen LogP contribution in [0.2, 0.25) is 0 Å². The Labute approximate surface area is 136 Å². The molecular formula is C14H18Br2ClNO. The first-order valence-corrected chi connectivity index (χ1v) is 8.06. The van der Waals surface area contributed by atoms with Gasteiger partial charge in [-0.2, -0.15) is 0 Å². The van der Waals surface area contributed by atoms with Gasteiger partial charge in [0, 0.05) is 18.1 Å². The lowest BCUT2D eigenvalue weighted by Gasteiger charge is -2.13. The molecule has 0 aliphatic rings. The lowest BCUT2D eigenvalue weighted by Crippen LogP contribution is -2.21. The van der Waals surface area contributed by atoms with Crippen molar-refractivity contribution in [2.45, 2.75) is 33.4 Å². The summed E-state index contributed by atoms with van der Waals surface area (Å²) < 4.78 is 7.60. The zero-order valence-corrected chi connectivity index (χ0v) is 15.2. The van der Waals surface area contributed by atoms with Gasteiger partial charge in [-0.15, -0.1) is 0 Å². The van der Waals surface area contributed by atoms with Crippen LogP contribution in [0.25, 0.3) is 0 Å². The van der Waals surface area contributed by atoms with Crippen molar-refractivity contribution in [3.63, 3.8) is 0 Å². The first-order chi connectivity index (χ1) is 8.93. The SMILES string of the molecule is C/C(=C\Cl)COc1c(Br)cc(CNC(C)C)cc1Br. The lowest BCUT2D eigenvalue weighted by atomic mass is 10.2. The fraction of sp³-hybridized carbons (Fsp3) is 0.429. The Morgan fingerprint density at radius 1 is 1.37 bits per heavy atom. The van der Waals surface area contributed by atoms with Gasteiger partial charge in [-0.25, -0.2) is 0 Å². The Balaban J connectivity index is 2.79. The van der Waals surface area contributed by atoms with Gasteiger partial charge in [-0.1, -0.05) is 25.4 Å². The number of rotatable bonds is 6. The van der Waals surface area contributed by atoms with E-state index in [0.29, 0.717) is 12.6 Å². The second-order valence-corrected chi connectivity index (χ2v) is 6.60. The van der Waals surface area contributed by atoms with Gasteiger partial charge in [0.25, 0.3) is 0 Å². The third-order valence-electron chi connectivity index (χ3n) is 2.40. The molecule has 0 saturated carbocycles. The average Bonchev–Trinajstić information content (AvgIpc) is 2.34. The molecular weight excluding hydrogens is 393 g/mol. The van der Waals surface area contributed by atoms with Crippen LogP contribution in [0.15, 0.2) is 32.2 Å². The first-order valence-electron chi connectivity index (χ1n) is 6.04. The predicted molar refractivity (Wildman–Crippen MR) is 88.9 cm³/mol. The zero-order chi connectivity index (χ0) is 14.4. The Kier molecular flexibility index (Phi) is 7.44. The van der Waals surface area contributed by atoms with Crippen molar-refractivity contribution in [2.24, 2.45) is 0 Å². The largest absolute Gasteiger partial charge is 0.487 e. The van der Waals surface area contributed by atoms with Crippen LogP contribution in [0, 0.1) is 0 Å². The zero-order valence-electron chi connectivity index (χ0n) is 11.3. The van der Waals surface area contributed by atoms with Crippen molar-refractivity contribution >= 4 is 43.5 Å². The Morgan fingerprint density at radius 2 is 1.95 bits per heavy atom. The Morgan fingerprint density at radius 3 is 2.42 bits per heavy atom. The van der Waals surface area contributed by atoms with Crippen LogP contribution in [-0.4, -0.2) is 12.6 Å². The number of hydrogen-bond donors (Lipinski definition) is 1. The van der Waals surface area contributed by atoms with Crippen molar-refractivity contribution in [1.82, 2.24) is 5.32 Å². The second-order valence-electron chi connectivity index (χ2n) is 4.67. The molecule has 106 valence electrons. The summed E-state index contributed by atoms with van der Waals surface area (Å²) in [6, 6.07) is 4.59. The van der Waals surface area contributed by atoms with Gasteiger partial charge >= 0.3 is 0 Å². The van der Waals surface area contributed by atoms with Crippen LogP contribution in [0.5, 0.6) is 5.75 Å². The summed E-state index contributed by atoms with van der Waals surface area (Å²) in [7, 11) is 0. The molecule has 0 aliphatic heterocycles. The van der Waals surface area contributed by atoms with Gasteiger partial charge in [-0.05, 0) is 62.1 Å². The lowest BCUT2D eigenvalue weighted by molar-refractivity contribution is 0.348. The first kappa shape index (κ1) is 17.0. The standard InChI is InChI=1S/C14H18Br2ClNO/c1-9(2)18-7-11-4-12(15)14(13(16)5-11)19-8-10(3)6-17/h4-6,9,18H,7-8H2,1-3H3/b10-6+. The summed E-state index contributed by atoms with van der Waals surface area (Å²) in [6.45, 7) is 7.49. The number of nitrogens with one attached hydrogen (secondary N) is 1. The second kappa shape index (κ2) is 8.30. The number of halogens is 3. The van der Waals surface area contributed by atoms with E-state index in [2.05, 4.69) is 63.2 Å². The van der Waals surface area contributed by atoms with Crippen molar-refractivity contribution in [2.75, 3.05) is 6.61 Å². The van der Waals surface area contributed by atoms with Gasteiger partial charge in [-0.3, -0.25) is 0 Å². The normalized spacial score (nSPS) is 12.1. The summed E-state index contributed by atoms with van der Waals surface area (Å²) in [4.78, 5) is 0. The van der Waals surface area contributed by atoms with Crippen LogP contribution in [0.3, 0.4) is 0 Å². The molecule has 0 fully saturated rings. The maximum absolute atomic E-state index is 5.73. The monoisotopic (exact) mass is 409 g/mol. The molecule has 0 aromatic heterocycles. The fourth-order valence-electron chi connectivity index (χ4n) is 1.39. The van der Waals surface area contributed by atoms with E-state index in [1.165, 1.54) is 11.1 Å². The quantitative estimate of drug-likeness (QED) is 0.692. The van der Waals surface area contributed by atoms with Crippen molar-refractivity contribution in [3.8, 4) is 5.75 Å². The van der Waals surface area contributed by atoms with E-state index in [1.807, 2.05) is 6.92 Å². The van der Waals surface area contributed by atoms with E-state index in [1.54, 1.807) is 0 Å². The topological polar surface area (TPSA) is 21.3 Å². The molecule has 1 rings (SSSR count). The van der Waals surface area contributed by atoms with E-state index in [-0.39, 0.29) is 0 Å². The molecule has 0 amide bonds. The van der Waals surface area contributed by atoms with E-state index < -0.39 is 0 Å². The molecule has 2 nitrogen and oxygen atoms in total. The van der Waals surface area contributed by atoms with Crippen molar-refractivity contribution < 1.29 is 4.74 Å². The van der Waals surface area contributed by atoms with Crippen LogP contribution < -0.4 is 10.1 Å². The van der Waals surface area contributed by atoms with Gasteiger partial charge < -0.3 is 10.1 Å². The minimum atomic E-state index is 0.463. The molecule has 5 heteroatoms. The number of ether oxygens (including phenoxy) is 1. The van der Waals surface area contributed by atoms with E-state index in [9.17, 15) is 0 Å². The smallest absolute Gasteiger partial charge is 0.148 e. The van der Waals surface area contributed by atoms with Crippen molar-refractivity contribution in [1.29, 1.82) is 0 Å². The molecule has 1 aromatic rings. The van der Waals surface area contributed by atoms with E-state index in [0.717, 1.165) is 26.8 Å². The molecule has 0 aliphatic carbocycles. The molecule has 0 atom stereocenters. The van der Waals surface area contributed by atoms with Crippen molar-refractivity contribution in [3.05, 3.63) is 37.7 Å². The maximum Gasteiger partial charge on any atom is 0.148 e. The molecule has 19 heavy (non-hydrogen) atoms. The summed E-state index contributed by atoms with van der Waals surface area (Å²) in [5, 5.41) is 3.39. The summed E-state index contributed by atoms with van der Waals surface area (Å²) >= 11 is 12.7. The molecule has 0 unspecified atom stereocenters. The molecule has 0 bridgehead atoms. The molecule has 1 aromatic carbocycles. The average molecular weight is 412 g/mol. The molecule has 1 N–H and O–H groups in total. The third-order valence-corrected chi connectivity index (χ3v) is 3.95. The van der Waals surface area contributed by atoms with Crippen LogP contribution in [0.4, 0.5) is 0 Å². The molecule has 0 heterocycles. The molecule has 0 spiro atoms. The summed E-state index contributed by atoms with van der Waals surface area (Å²) in [5.74, 6) is 0.797. The predicted octanol–water partition coefficient (Wildman–Crippen LogP) is 5.23. The molecule has 0 saturated heterocycles. The van der Waals surface area contributed by atoms with Gasteiger partial charge in [0.2, 0.25) is 0 Å². The maximum atomic E-state index is 5.73. The fourth-order valence-corrected chi connectivity index (χ4v) is 2.96. The van der Waals surface area contributed by atoms with Gasteiger partial charge in [0.15, 0.2) is 0 Å². The highest BCUT2D eigenvalue weighted by molar-refractivity contribution is 9.11. The highest BCUT2D eigenvalue weighted by Gasteiger charge is 2.09. The highest BCUT2D eigenvalue weighted by Crippen LogP contribution is 2.35. The van der Waals surface area contributed by atoms with E-state index in [4.69, 9.17) is 16.3 Å². The number of hydrogen-bond acceptors (Lipinski definition) is 2. The minimum Gasteiger partial charge on any atom is -0.487 e. The van der Waals surface area contributed by atoms with Crippen LogP contribution in [0.1, 0.15) is 26.3 Å². The van der Waals surface area contributed by atoms with Gasteiger partial charge in [0.1, 0.15) is 12.4 Å². The van der Waals surface area contributed by atoms with E-state index >= 15 is 0 Å². The Bertz CT molecular complexity index is 438. The molecule has 0 radical (unpaired) electrons. The third kappa shape index (κ3) is 5.86. The van der Waals surface area contributed by atoms with Gasteiger partial charge in [0.05, 0.1) is 8.95 Å².